The van der Waals surface area contributed by atoms with Crippen molar-refractivity contribution in [3.63, 3.8) is 0 Å². The molecule has 0 saturated heterocycles. The van der Waals surface area contributed by atoms with Gasteiger partial charge < -0.3 is 4.57 Å². The van der Waals surface area contributed by atoms with E-state index in [9.17, 15) is 4.79 Å². The van der Waals surface area contributed by atoms with Gasteiger partial charge in [-0.1, -0.05) is 26.7 Å². The summed E-state index contributed by atoms with van der Waals surface area (Å²) in [4.78, 5) is 20.5. The Morgan fingerprint density at radius 1 is 1.32 bits per heavy atom. The van der Waals surface area contributed by atoms with E-state index in [0.717, 1.165) is 43.4 Å². The van der Waals surface area contributed by atoms with Crippen LogP contribution in [0.3, 0.4) is 0 Å². The van der Waals surface area contributed by atoms with Gasteiger partial charge in [0.05, 0.1) is 0 Å². The normalized spacial score (nSPS) is 11.1. The maximum atomic E-state index is 11.9. The summed E-state index contributed by atoms with van der Waals surface area (Å²) in [7, 11) is 0. The van der Waals surface area contributed by atoms with E-state index in [1.54, 1.807) is 6.20 Å². The Morgan fingerprint density at radius 3 is 2.84 bits per heavy atom. The lowest BCUT2D eigenvalue weighted by atomic mass is 10.1. The highest BCUT2D eigenvalue weighted by Crippen LogP contribution is 2.14. The zero-order valence-corrected chi connectivity index (χ0v) is 11.6. The first kappa shape index (κ1) is 13.7. The van der Waals surface area contributed by atoms with Crippen LogP contribution in [0.4, 0.5) is 0 Å². The molecule has 2 aromatic heterocycles. The van der Waals surface area contributed by atoms with E-state index in [-0.39, 0.29) is 5.78 Å². The highest BCUT2D eigenvalue weighted by molar-refractivity contribution is 5.97. The Morgan fingerprint density at radius 2 is 2.11 bits per heavy atom. The molecule has 0 spiro atoms. The zero-order valence-electron chi connectivity index (χ0n) is 11.6. The number of pyridine rings is 1. The fourth-order valence-corrected chi connectivity index (χ4v) is 2.00. The van der Waals surface area contributed by atoms with Gasteiger partial charge in [0.1, 0.15) is 5.52 Å². The summed E-state index contributed by atoms with van der Waals surface area (Å²) >= 11 is 0. The number of nitrogens with zero attached hydrogens (tertiary/aromatic N) is 3. The first-order valence-corrected chi connectivity index (χ1v) is 7.03. The topological polar surface area (TPSA) is 47.8 Å². The number of rotatable bonds is 7. The Labute approximate surface area is 113 Å². The van der Waals surface area contributed by atoms with E-state index in [1.165, 1.54) is 0 Å². The molecule has 2 aromatic rings. The molecule has 0 saturated carbocycles. The lowest BCUT2D eigenvalue weighted by molar-refractivity contribution is 0.0979. The molecule has 4 heteroatoms. The molecule has 2 heterocycles. The zero-order chi connectivity index (χ0) is 13.7. The molecule has 0 bridgehead atoms. The van der Waals surface area contributed by atoms with Crippen molar-refractivity contribution in [1.82, 2.24) is 14.5 Å². The molecule has 19 heavy (non-hydrogen) atoms. The Balaban J connectivity index is 2.20. The smallest absolute Gasteiger partial charge is 0.178 e. The first-order chi connectivity index (χ1) is 9.26. The van der Waals surface area contributed by atoms with Gasteiger partial charge >= 0.3 is 0 Å². The van der Waals surface area contributed by atoms with Crippen LogP contribution < -0.4 is 0 Å². The van der Waals surface area contributed by atoms with Crippen molar-refractivity contribution in [2.75, 3.05) is 0 Å². The third kappa shape index (κ3) is 3.19. The standard InChI is InChI=1S/C15H20N3O/c1-3-5-7-14(19)12-9-13-15(16-10-12)18(11-17-13)8-6-4-2/h9-10H,3-8H2,1-2H3. The van der Waals surface area contributed by atoms with Crippen LogP contribution in [0.2, 0.25) is 0 Å². The summed E-state index contributed by atoms with van der Waals surface area (Å²) in [5.74, 6) is 0.152. The third-order valence-electron chi connectivity index (χ3n) is 3.21. The number of hydrogen-bond acceptors (Lipinski definition) is 3. The number of imidazole rings is 1. The highest BCUT2D eigenvalue weighted by Gasteiger charge is 2.10. The molecule has 1 radical (unpaired) electrons. The molecule has 0 amide bonds. The molecule has 0 N–H and O–H groups in total. The average Bonchev–Trinajstić information content (AvgIpc) is 2.84. The van der Waals surface area contributed by atoms with E-state index in [4.69, 9.17) is 0 Å². The van der Waals surface area contributed by atoms with Crippen molar-refractivity contribution in [3.05, 3.63) is 24.2 Å². The molecule has 0 aromatic carbocycles. The van der Waals surface area contributed by atoms with Crippen LogP contribution in [0, 0.1) is 6.33 Å². The van der Waals surface area contributed by atoms with Crippen LogP contribution >= 0.6 is 0 Å². The van der Waals surface area contributed by atoms with Crippen LogP contribution in [0.25, 0.3) is 11.2 Å². The molecule has 0 unspecified atom stereocenters. The van der Waals surface area contributed by atoms with E-state index in [1.807, 2.05) is 10.6 Å². The summed E-state index contributed by atoms with van der Waals surface area (Å²) in [5.41, 5.74) is 2.24. The molecule has 101 valence electrons. The molecule has 0 aliphatic heterocycles. The molecular formula is C15H20N3O. The van der Waals surface area contributed by atoms with Crippen molar-refractivity contribution in [1.29, 1.82) is 0 Å². The monoisotopic (exact) mass is 258 g/mol. The number of hydrogen-bond donors (Lipinski definition) is 0. The van der Waals surface area contributed by atoms with Gasteiger partial charge in [-0.05, 0) is 18.9 Å². The van der Waals surface area contributed by atoms with Crippen LogP contribution in [-0.2, 0) is 6.54 Å². The van der Waals surface area contributed by atoms with Gasteiger partial charge in [0.25, 0.3) is 0 Å². The fraction of sp³-hybridized carbons (Fsp3) is 0.533. The van der Waals surface area contributed by atoms with Crippen LogP contribution in [0.15, 0.2) is 12.3 Å². The van der Waals surface area contributed by atoms with E-state index < -0.39 is 0 Å². The fourth-order valence-electron chi connectivity index (χ4n) is 2.00. The molecule has 0 aliphatic carbocycles. The van der Waals surface area contributed by atoms with Crippen molar-refractivity contribution in [3.8, 4) is 0 Å². The lowest BCUT2D eigenvalue weighted by Crippen LogP contribution is -2.01. The maximum Gasteiger partial charge on any atom is 0.178 e. The number of ketones is 1. The second-order valence-corrected chi connectivity index (χ2v) is 4.81. The Hall–Kier alpha value is -1.71. The van der Waals surface area contributed by atoms with Crippen molar-refractivity contribution in [2.24, 2.45) is 0 Å². The third-order valence-corrected chi connectivity index (χ3v) is 3.21. The van der Waals surface area contributed by atoms with Gasteiger partial charge in [0.15, 0.2) is 17.8 Å². The molecule has 4 nitrogen and oxygen atoms in total. The summed E-state index contributed by atoms with van der Waals surface area (Å²) in [6.07, 6.45) is 9.37. The maximum absolute atomic E-state index is 11.9. The summed E-state index contributed by atoms with van der Waals surface area (Å²) < 4.78 is 1.93. The Kier molecular flexibility index (Phi) is 4.66. The van der Waals surface area contributed by atoms with E-state index in [0.29, 0.717) is 12.0 Å². The molecule has 2 rings (SSSR count). The average molecular weight is 258 g/mol. The van der Waals surface area contributed by atoms with Gasteiger partial charge in [0.2, 0.25) is 0 Å². The largest absolute Gasteiger partial charge is 0.306 e. The first-order valence-electron chi connectivity index (χ1n) is 7.03. The number of carbonyl (C=O) groups excluding carboxylic acids is 1. The van der Waals surface area contributed by atoms with Gasteiger partial charge in [0, 0.05) is 24.7 Å². The Bertz CT molecular complexity index is 560. The molecule has 0 fully saturated rings. The number of unbranched alkanes of at least 4 members (excludes halogenated alkanes) is 2. The second kappa shape index (κ2) is 6.45. The quantitative estimate of drug-likeness (QED) is 0.715. The molecular weight excluding hydrogens is 238 g/mol. The molecule has 0 atom stereocenters. The van der Waals surface area contributed by atoms with Gasteiger partial charge in [-0.25, -0.2) is 9.97 Å². The van der Waals surface area contributed by atoms with Crippen LogP contribution in [0.1, 0.15) is 56.3 Å². The van der Waals surface area contributed by atoms with Crippen molar-refractivity contribution < 1.29 is 4.79 Å². The van der Waals surface area contributed by atoms with Crippen molar-refractivity contribution >= 4 is 16.9 Å². The van der Waals surface area contributed by atoms with E-state index in [2.05, 4.69) is 30.1 Å². The van der Waals surface area contributed by atoms with Gasteiger partial charge in [-0.2, -0.15) is 0 Å². The number of fused-ring (bicyclic) bond motifs is 1. The van der Waals surface area contributed by atoms with Gasteiger partial charge in [-0.15, -0.1) is 0 Å². The summed E-state index contributed by atoms with van der Waals surface area (Å²) in [6.45, 7) is 5.11. The van der Waals surface area contributed by atoms with Crippen molar-refractivity contribution in [2.45, 2.75) is 52.5 Å². The predicted octanol–water partition coefficient (Wildman–Crippen LogP) is 3.40. The predicted molar refractivity (Wildman–Crippen MR) is 75.1 cm³/mol. The summed E-state index contributed by atoms with van der Waals surface area (Å²) in [5, 5.41) is 0. The second-order valence-electron chi connectivity index (χ2n) is 4.81. The highest BCUT2D eigenvalue weighted by atomic mass is 16.1. The number of Topliss-reactive ketones (excluding diaryl/α,β-unsaturated/α-hetero) is 1. The minimum Gasteiger partial charge on any atom is -0.306 e. The number of aromatic nitrogens is 3. The number of aryl methyl sites for hydroxylation is 1. The number of carbonyl (C=O) groups is 1. The van der Waals surface area contributed by atoms with Crippen LogP contribution in [-0.4, -0.2) is 20.3 Å². The minimum absolute atomic E-state index is 0.152. The van der Waals surface area contributed by atoms with Crippen LogP contribution in [0.5, 0.6) is 0 Å². The van der Waals surface area contributed by atoms with E-state index >= 15 is 0 Å². The molecule has 0 aliphatic rings. The summed E-state index contributed by atoms with van der Waals surface area (Å²) in [6, 6.07) is 1.83. The SMILES string of the molecule is CCCCC(=O)c1cnc2c(c1)n[c]n2CCCC. The van der Waals surface area contributed by atoms with Gasteiger partial charge in [-0.3, -0.25) is 4.79 Å². The minimum atomic E-state index is 0.152. The lowest BCUT2D eigenvalue weighted by Gasteiger charge is -2.02.